The molecule has 2 fully saturated rings. The van der Waals surface area contributed by atoms with E-state index in [1.807, 2.05) is 0 Å². The Balaban J connectivity index is 1.85. The van der Waals surface area contributed by atoms with E-state index in [-0.39, 0.29) is 17.4 Å². The third-order valence-corrected chi connectivity index (χ3v) is 6.26. The van der Waals surface area contributed by atoms with Crippen molar-refractivity contribution in [1.82, 2.24) is 0 Å². The van der Waals surface area contributed by atoms with Crippen LogP contribution in [-0.4, -0.2) is 24.9 Å². The number of thiophene rings is 1. The van der Waals surface area contributed by atoms with E-state index in [0.29, 0.717) is 27.3 Å². The zero-order valence-electron chi connectivity index (χ0n) is 13.2. The van der Waals surface area contributed by atoms with Crippen molar-refractivity contribution in [3.8, 4) is 0 Å². The highest BCUT2D eigenvalue weighted by molar-refractivity contribution is 7.18. The average Bonchev–Trinajstić information content (AvgIpc) is 3.20. The Morgan fingerprint density at radius 3 is 2.52 bits per heavy atom. The summed E-state index contributed by atoms with van der Waals surface area (Å²) < 4.78 is 4.72. The number of rotatable bonds is 4. The number of anilines is 1. The molecule has 0 radical (unpaired) electrons. The second-order valence-electron chi connectivity index (χ2n) is 6.39. The molecule has 2 bridgehead atoms. The van der Waals surface area contributed by atoms with Crippen LogP contribution in [0.5, 0.6) is 0 Å². The van der Waals surface area contributed by atoms with Gasteiger partial charge in [0.25, 0.3) is 5.91 Å². The number of methoxy groups -OCH3 is 1. The van der Waals surface area contributed by atoms with Gasteiger partial charge in [0, 0.05) is 5.92 Å². The number of nitrogens with two attached hydrogens (primary N) is 1. The molecule has 0 aromatic carbocycles. The van der Waals surface area contributed by atoms with Gasteiger partial charge in [-0.25, -0.2) is 4.79 Å². The van der Waals surface area contributed by atoms with Crippen LogP contribution in [0, 0.1) is 24.7 Å². The minimum atomic E-state index is -0.655. The summed E-state index contributed by atoms with van der Waals surface area (Å²) in [7, 11) is 1.28. The third kappa shape index (κ3) is 2.73. The highest BCUT2D eigenvalue weighted by Crippen LogP contribution is 2.48. The van der Waals surface area contributed by atoms with Gasteiger partial charge in [-0.1, -0.05) is 6.42 Å². The third-order valence-electron chi connectivity index (χ3n) is 5.08. The molecule has 0 spiro atoms. The molecule has 1 heterocycles. The monoisotopic (exact) mass is 336 g/mol. The van der Waals surface area contributed by atoms with Crippen LogP contribution in [0.3, 0.4) is 0 Å². The predicted molar refractivity (Wildman–Crippen MR) is 86.5 cm³/mol. The van der Waals surface area contributed by atoms with E-state index >= 15 is 0 Å². The topological polar surface area (TPSA) is 98.5 Å². The van der Waals surface area contributed by atoms with Gasteiger partial charge in [0.15, 0.2) is 0 Å². The number of hydrogen-bond acceptors (Lipinski definition) is 5. The van der Waals surface area contributed by atoms with Crippen molar-refractivity contribution in [2.24, 2.45) is 23.5 Å². The summed E-state index contributed by atoms with van der Waals surface area (Å²) >= 11 is 1.05. The quantitative estimate of drug-likeness (QED) is 0.824. The van der Waals surface area contributed by atoms with E-state index < -0.39 is 11.9 Å². The molecule has 0 saturated heterocycles. The Morgan fingerprint density at radius 2 is 2.00 bits per heavy atom. The van der Waals surface area contributed by atoms with Gasteiger partial charge in [0.05, 0.1) is 12.7 Å². The Bertz CT molecular complexity index is 682. The molecule has 2 aliphatic carbocycles. The van der Waals surface area contributed by atoms with E-state index in [1.54, 1.807) is 6.92 Å². The predicted octanol–water partition coefficient (Wildman–Crippen LogP) is 2.32. The summed E-state index contributed by atoms with van der Waals surface area (Å²) in [6.07, 6.45) is 4.35. The molecule has 1 aromatic rings. The Kier molecular flexibility index (Phi) is 4.14. The van der Waals surface area contributed by atoms with E-state index in [1.165, 1.54) is 13.5 Å². The summed E-state index contributed by atoms with van der Waals surface area (Å²) in [5, 5.41) is 3.18. The largest absolute Gasteiger partial charge is 0.465 e. The van der Waals surface area contributed by atoms with Crippen molar-refractivity contribution in [3.05, 3.63) is 16.0 Å². The van der Waals surface area contributed by atoms with Gasteiger partial charge in [-0.2, -0.15) is 0 Å². The van der Waals surface area contributed by atoms with Gasteiger partial charge in [-0.3, -0.25) is 9.59 Å². The number of esters is 1. The number of fused-ring (bicyclic) bond motifs is 2. The Hall–Kier alpha value is -1.89. The van der Waals surface area contributed by atoms with Crippen LogP contribution >= 0.6 is 11.3 Å². The first kappa shape index (κ1) is 16.0. The van der Waals surface area contributed by atoms with E-state index in [9.17, 15) is 14.4 Å². The number of amides is 2. The number of hydrogen-bond donors (Lipinski definition) is 2. The van der Waals surface area contributed by atoms with Crippen LogP contribution in [0.2, 0.25) is 0 Å². The fourth-order valence-electron chi connectivity index (χ4n) is 3.96. The van der Waals surface area contributed by atoms with Crippen molar-refractivity contribution in [2.45, 2.75) is 32.6 Å². The molecule has 3 atom stereocenters. The fraction of sp³-hybridized carbons (Fsp3) is 0.562. The minimum Gasteiger partial charge on any atom is -0.465 e. The van der Waals surface area contributed by atoms with Gasteiger partial charge in [-0.15, -0.1) is 11.3 Å². The Morgan fingerprint density at radius 1 is 1.26 bits per heavy atom. The fourth-order valence-corrected chi connectivity index (χ4v) is 5.09. The maximum absolute atomic E-state index is 12.6. The molecule has 7 heteroatoms. The highest BCUT2D eigenvalue weighted by atomic mass is 32.1. The summed E-state index contributed by atoms with van der Waals surface area (Å²) in [4.78, 5) is 36.4. The lowest BCUT2D eigenvalue weighted by molar-refractivity contribution is -0.121. The zero-order chi connectivity index (χ0) is 16.7. The number of carbonyl (C=O) groups excluding carboxylic acids is 3. The van der Waals surface area contributed by atoms with Crippen LogP contribution < -0.4 is 11.1 Å². The number of ether oxygens (including phenoxy) is 1. The maximum atomic E-state index is 12.6. The van der Waals surface area contributed by atoms with E-state index in [2.05, 4.69) is 5.32 Å². The standard InChI is InChI=1S/C16H20N2O4S/c1-7-11(13(17)19)15(23-12(7)16(21)22-2)18-14(20)10-6-8-3-4-9(10)5-8/h8-10H,3-6H2,1-2H3,(H2,17,19)(H,18,20)/t8-,9-,10-/m1/s1. The van der Waals surface area contributed by atoms with Crippen LogP contribution in [-0.2, 0) is 9.53 Å². The lowest BCUT2D eigenvalue weighted by Gasteiger charge is -2.20. The van der Waals surface area contributed by atoms with Crippen molar-refractivity contribution in [1.29, 1.82) is 0 Å². The summed E-state index contributed by atoms with van der Waals surface area (Å²) in [6, 6.07) is 0. The molecule has 2 amide bonds. The second-order valence-corrected chi connectivity index (χ2v) is 7.41. The van der Waals surface area contributed by atoms with E-state index in [0.717, 1.165) is 30.6 Å². The first-order valence-corrected chi connectivity index (χ1v) is 8.56. The Labute approximate surface area is 138 Å². The number of nitrogens with one attached hydrogen (secondary N) is 1. The normalized spacial score (nSPS) is 25.4. The maximum Gasteiger partial charge on any atom is 0.348 e. The van der Waals surface area contributed by atoms with Gasteiger partial charge < -0.3 is 15.8 Å². The molecule has 0 aliphatic heterocycles. The van der Waals surface area contributed by atoms with Crippen molar-refractivity contribution < 1.29 is 19.1 Å². The summed E-state index contributed by atoms with van der Waals surface area (Å²) in [5.74, 6) is -0.163. The molecular weight excluding hydrogens is 316 g/mol. The minimum absolute atomic E-state index is 0.00143. The molecule has 1 aromatic heterocycles. The summed E-state index contributed by atoms with van der Waals surface area (Å²) in [6.45, 7) is 1.63. The van der Waals surface area contributed by atoms with Gasteiger partial charge in [0.2, 0.25) is 5.91 Å². The number of carbonyl (C=O) groups is 3. The molecule has 23 heavy (non-hydrogen) atoms. The SMILES string of the molecule is COC(=O)c1sc(NC(=O)[C@@H]2C[C@@H]3CC[C@@H]2C3)c(C(N)=O)c1C. The van der Waals surface area contributed by atoms with E-state index in [4.69, 9.17) is 10.5 Å². The van der Waals surface area contributed by atoms with Crippen LogP contribution in [0.15, 0.2) is 0 Å². The van der Waals surface area contributed by atoms with Crippen LogP contribution in [0.1, 0.15) is 51.3 Å². The molecular formula is C16H20N2O4S. The molecule has 3 rings (SSSR count). The average molecular weight is 336 g/mol. The first-order valence-electron chi connectivity index (χ1n) is 7.74. The zero-order valence-corrected chi connectivity index (χ0v) is 14.0. The van der Waals surface area contributed by atoms with Gasteiger partial charge in [0.1, 0.15) is 9.88 Å². The van der Waals surface area contributed by atoms with Gasteiger partial charge >= 0.3 is 5.97 Å². The van der Waals surface area contributed by atoms with Crippen LogP contribution in [0.4, 0.5) is 5.00 Å². The van der Waals surface area contributed by atoms with Crippen LogP contribution in [0.25, 0.3) is 0 Å². The first-order chi connectivity index (χ1) is 10.9. The summed E-state index contributed by atoms with van der Waals surface area (Å²) in [5.41, 5.74) is 6.08. The molecule has 2 saturated carbocycles. The van der Waals surface area contributed by atoms with Crippen molar-refractivity contribution in [3.63, 3.8) is 0 Å². The smallest absolute Gasteiger partial charge is 0.348 e. The van der Waals surface area contributed by atoms with Crippen molar-refractivity contribution in [2.75, 3.05) is 12.4 Å². The molecule has 2 aliphatic rings. The van der Waals surface area contributed by atoms with Gasteiger partial charge in [-0.05, 0) is 43.6 Å². The molecule has 124 valence electrons. The lowest BCUT2D eigenvalue weighted by atomic mass is 9.88. The molecule has 6 nitrogen and oxygen atoms in total. The second kappa shape index (κ2) is 5.96. The molecule has 0 unspecified atom stereocenters. The molecule has 3 N–H and O–H groups in total. The highest BCUT2D eigenvalue weighted by Gasteiger charge is 2.43. The lowest BCUT2D eigenvalue weighted by Crippen LogP contribution is -2.27. The van der Waals surface area contributed by atoms with Crippen molar-refractivity contribution >= 4 is 34.1 Å². The number of primary amides is 1.